The van der Waals surface area contributed by atoms with E-state index in [9.17, 15) is 18.0 Å². The first-order valence-corrected chi connectivity index (χ1v) is 13.8. The summed E-state index contributed by atoms with van der Waals surface area (Å²) in [5.41, 5.74) is 3.46. The molecule has 1 fully saturated rings. The molecule has 0 saturated heterocycles. The number of halogens is 5. The molecule has 3 unspecified atom stereocenters. The highest BCUT2D eigenvalue weighted by Crippen LogP contribution is 2.60. The Labute approximate surface area is 244 Å². The number of aliphatic imine (C=N–C) groups is 1. The zero-order valence-corrected chi connectivity index (χ0v) is 23.0. The van der Waals surface area contributed by atoms with Crippen LogP contribution >= 0.6 is 11.6 Å². The first-order valence-electron chi connectivity index (χ1n) is 13.5. The molecule has 216 valence electrons. The summed E-state index contributed by atoms with van der Waals surface area (Å²) in [6.45, 7) is 1.83. The third-order valence-corrected chi connectivity index (χ3v) is 8.73. The van der Waals surface area contributed by atoms with Crippen LogP contribution in [0, 0.1) is 12.8 Å². The Morgan fingerprint density at radius 1 is 1.07 bits per heavy atom. The van der Waals surface area contributed by atoms with Gasteiger partial charge in [0.25, 0.3) is 5.56 Å². The minimum Gasteiger partial charge on any atom is -0.356 e. The molecule has 5 heterocycles. The van der Waals surface area contributed by atoms with Gasteiger partial charge < -0.3 is 9.09 Å². The van der Waals surface area contributed by atoms with E-state index in [0.29, 0.717) is 38.6 Å². The minimum absolute atomic E-state index is 0.0758. The fraction of sp³-hybridized carbons (Fsp3) is 0.233. The summed E-state index contributed by atoms with van der Waals surface area (Å²) in [6.07, 6.45) is -2.81. The molecule has 0 spiro atoms. The minimum atomic E-state index is -4.66. The van der Waals surface area contributed by atoms with Crippen LogP contribution in [0.25, 0.3) is 33.4 Å². The van der Waals surface area contributed by atoms with Gasteiger partial charge in [-0.2, -0.15) is 17.6 Å². The largest absolute Gasteiger partial charge is 0.436 e. The molecule has 5 aromatic rings. The third-order valence-electron chi connectivity index (χ3n) is 8.49. The van der Waals surface area contributed by atoms with Crippen LogP contribution in [-0.4, -0.2) is 30.4 Å². The van der Waals surface area contributed by atoms with Crippen LogP contribution in [0.15, 0.2) is 75.0 Å². The summed E-state index contributed by atoms with van der Waals surface area (Å²) in [7, 11) is 0. The predicted octanol–water partition coefficient (Wildman–Crippen LogP) is 7.06. The molecule has 1 aliphatic carbocycles. The summed E-state index contributed by atoms with van der Waals surface area (Å²) in [6, 6.07) is 12.9. The molecule has 8 nitrogen and oxygen atoms in total. The van der Waals surface area contributed by atoms with Crippen LogP contribution in [0.4, 0.5) is 17.6 Å². The lowest BCUT2D eigenvalue weighted by Gasteiger charge is -2.20. The van der Waals surface area contributed by atoms with Gasteiger partial charge in [0.2, 0.25) is 5.95 Å². The van der Waals surface area contributed by atoms with E-state index in [0.717, 1.165) is 34.1 Å². The van der Waals surface area contributed by atoms with E-state index >= 15 is 4.39 Å². The van der Waals surface area contributed by atoms with Gasteiger partial charge in [-0.1, -0.05) is 28.0 Å². The molecule has 3 aromatic heterocycles. The van der Waals surface area contributed by atoms with Crippen molar-refractivity contribution in [3.63, 3.8) is 0 Å². The lowest BCUT2D eigenvalue weighted by atomic mass is 9.97. The Hall–Kier alpha value is -4.58. The second-order valence-electron chi connectivity index (χ2n) is 11.1. The standard InChI is InChI=1S/C30H19ClF4N6O2/c1-13-17-4-2-14(7-25(17)43-38-13)19-11-22(36-29(19)32)28-21-10-20(21)24-6-15(8-27(42)41(24)28)18-9-16(31)3-5-23(18)40-12-26(37-39-40)30(33,34)35/h2-9,12,20-21,28H,10-11H2,1H3. The molecule has 43 heavy (non-hydrogen) atoms. The average molecular weight is 607 g/mol. The van der Waals surface area contributed by atoms with Crippen LogP contribution < -0.4 is 5.56 Å². The first kappa shape index (κ1) is 26.1. The number of aromatic nitrogens is 5. The number of rotatable bonds is 4. The second-order valence-corrected chi connectivity index (χ2v) is 11.5. The van der Waals surface area contributed by atoms with Crippen LogP contribution in [0.3, 0.4) is 0 Å². The summed E-state index contributed by atoms with van der Waals surface area (Å²) in [5.74, 6) is -0.418. The van der Waals surface area contributed by atoms with E-state index in [-0.39, 0.29) is 29.5 Å². The van der Waals surface area contributed by atoms with Crippen molar-refractivity contribution in [3.05, 3.63) is 98.7 Å². The highest BCUT2D eigenvalue weighted by Gasteiger charge is 2.55. The monoisotopic (exact) mass is 606 g/mol. The van der Waals surface area contributed by atoms with Gasteiger partial charge in [0.05, 0.1) is 23.6 Å². The Morgan fingerprint density at radius 2 is 1.91 bits per heavy atom. The normalized spacial score (nSPS) is 21.0. The van der Waals surface area contributed by atoms with E-state index in [1.807, 2.05) is 25.1 Å². The molecule has 0 N–H and O–H groups in total. The molecule has 0 bridgehead atoms. The molecule has 3 aliphatic rings. The third kappa shape index (κ3) is 4.07. The fourth-order valence-electron chi connectivity index (χ4n) is 6.41. The van der Waals surface area contributed by atoms with Gasteiger partial charge in [0, 0.05) is 51.4 Å². The Morgan fingerprint density at radius 3 is 2.70 bits per heavy atom. The number of nitrogens with zero attached hydrogens (tertiary/aromatic N) is 6. The lowest BCUT2D eigenvalue weighted by molar-refractivity contribution is -0.141. The number of alkyl halides is 3. The van der Waals surface area contributed by atoms with E-state index in [4.69, 9.17) is 16.1 Å². The fourth-order valence-corrected chi connectivity index (χ4v) is 6.58. The van der Waals surface area contributed by atoms with Gasteiger partial charge in [0.15, 0.2) is 11.3 Å². The highest BCUT2D eigenvalue weighted by atomic mass is 35.5. The highest BCUT2D eigenvalue weighted by molar-refractivity contribution is 6.31. The van der Waals surface area contributed by atoms with Gasteiger partial charge in [-0.15, -0.1) is 5.10 Å². The summed E-state index contributed by atoms with van der Waals surface area (Å²) >= 11 is 6.27. The van der Waals surface area contributed by atoms with Crippen molar-refractivity contribution in [2.45, 2.75) is 37.9 Å². The zero-order valence-electron chi connectivity index (χ0n) is 22.2. The average Bonchev–Trinajstić information content (AvgIpc) is 3.31. The van der Waals surface area contributed by atoms with Gasteiger partial charge in [-0.05, 0) is 66.8 Å². The molecule has 8 rings (SSSR count). The quantitative estimate of drug-likeness (QED) is 0.161. The molecular formula is C30H19ClF4N6O2. The number of fused-ring (bicyclic) bond motifs is 4. The summed E-state index contributed by atoms with van der Waals surface area (Å²) < 4.78 is 62.9. The molecule has 2 aromatic carbocycles. The first-order chi connectivity index (χ1) is 20.6. The molecule has 1 saturated carbocycles. The maximum absolute atomic E-state index is 15.3. The van der Waals surface area contributed by atoms with Crippen molar-refractivity contribution in [2.75, 3.05) is 0 Å². The maximum Gasteiger partial charge on any atom is 0.436 e. The number of hydrogen-bond acceptors (Lipinski definition) is 6. The maximum atomic E-state index is 15.3. The van der Waals surface area contributed by atoms with Crippen molar-refractivity contribution in [3.8, 4) is 16.8 Å². The lowest BCUT2D eigenvalue weighted by Crippen LogP contribution is -2.29. The van der Waals surface area contributed by atoms with Gasteiger partial charge in [-0.3, -0.25) is 4.79 Å². The number of aryl methyl sites for hydroxylation is 1. The van der Waals surface area contributed by atoms with Crippen LogP contribution in [-0.2, 0) is 6.18 Å². The van der Waals surface area contributed by atoms with E-state index in [1.54, 1.807) is 16.7 Å². The van der Waals surface area contributed by atoms with Crippen LogP contribution in [0.1, 0.15) is 47.4 Å². The SMILES string of the molecule is Cc1noc2cc(C3=C(F)N=C(C4C5CC5c5cc(-c6cc(Cl)ccc6-n6cc(C(F)(F)F)nn6)cc(=O)n54)C3)ccc12. The predicted molar refractivity (Wildman–Crippen MR) is 150 cm³/mol. The molecule has 13 heteroatoms. The Bertz CT molecular complexity index is 2120. The zero-order chi connectivity index (χ0) is 29.8. The van der Waals surface area contributed by atoms with Crippen LogP contribution in [0.5, 0.6) is 0 Å². The van der Waals surface area contributed by atoms with Crippen molar-refractivity contribution >= 4 is 33.9 Å². The number of hydrogen-bond donors (Lipinski definition) is 0. The topological polar surface area (TPSA) is 91.1 Å². The number of benzene rings is 2. The molecule has 3 atom stereocenters. The Kier molecular flexibility index (Phi) is 5.44. The van der Waals surface area contributed by atoms with Crippen LogP contribution in [0.2, 0.25) is 5.02 Å². The van der Waals surface area contributed by atoms with E-state index < -0.39 is 23.9 Å². The van der Waals surface area contributed by atoms with Crippen molar-refractivity contribution < 1.29 is 22.1 Å². The smallest absolute Gasteiger partial charge is 0.356 e. The molecule has 0 amide bonds. The molecule has 0 radical (unpaired) electrons. The van der Waals surface area contributed by atoms with Gasteiger partial charge in [-0.25, -0.2) is 9.67 Å². The Balaban J connectivity index is 1.14. The van der Waals surface area contributed by atoms with Crippen molar-refractivity contribution in [2.24, 2.45) is 10.9 Å². The van der Waals surface area contributed by atoms with E-state index in [1.165, 1.54) is 18.2 Å². The van der Waals surface area contributed by atoms with Crippen molar-refractivity contribution in [1.29, 1.82) is 0 Å². The second kappa shape index (κ2) is 8.96. The van der Waals surface area contributed by atoms with Gasteiger partial charge >= 0.3 is 6.18 Å². The number of pyridine rings is 1. The van der Waals surface area contributed by atoms with Gasteiger partial charge in [0.1, 0.15) is 0 Å². The molecule has 2 aliphatic heterocycles. The summed E-state index contributed by atoms with van der Waals surface area (Å²) in [5, 5.41) is 12.1. The molecular weight excluding hydrogens is 588 g/mol. The van der Waals surface area contributed by atoms with E-state index in [2.05, 4.69) is 20.5 Å². The summed E-state index contributed by atoms with van der Waals surface area (Å²) in [4.78, 5) is 17.9. The van der Waals surface area contributed by atoms with Crippen molar-refractivity contribution in [1.82, 2.24) is 24.7 Å². The number of allylic oxidation sites excluding steroid dienone is 1.